The highest BCUT2D eigenvalue weighted by molar-refractivity contribution is 5.91. The van der Waals surface area contributed by atoms with E-state index in [-0.39, 0.29) is 42.8 Å². The van der Waals surface area contributed by atoms with Gasteiger partial charge in [-0.25, -0.2) is 19.2 Å². The zero-order valence-corrected chi connectivity index (χ0v) is 19.5. The van der Waals surface area contributed by atoms with Gasteiger partial charge in [0.05, 0.1) is 13.1 Å². The van der Waals surface area contributed by atoms with Crippen molar-refractivity contribution in [1.29, 1.82) is 0 Å². The largest absolute Gasteiger partial charge is 0.334 e. The van der Waals surface area contributed by atoms with E-state index in [1.54, 1.807) is 34.1 Å². The molecule has 2 aliphatic heterocycles. The smallest absolute Gasteiger partial charge is 0.334 e. The summed E-state index contributed by atoms with van der Waals surface area (Å²) in [5.41, 5.74) is 0.781. The standard InChI is InChI=1S/C24H34FN5O3/c1-3-7-20-23(32)28(19-8-5-4-6-9-19)15-21-29(20)22(31)16-27(2)30(21)24(33)26-14-17-10-12-18(25)13-11-17/h10-13,19-21H,3-9,14-16H2,1-2H3,(H,26,33)/t20-,21?/m0/s1. The number of nitrogens with zero attached hydrogens (tertiary/aromatic N) is 4. The molecule has 0 radical (unpaired) electrons. The average Bonchev–Trinajstić information content (AvgIpc) is 2.80. The molecule has 1 aromatic carbocycles. The average molecular weight is 460 g/mol. The van der Waals surface area contributed by atoms with Crippen molar-refractivity contribution in [2.75, 3.05) is 20.1 Å². The van der Waals surface area contributed by atoms with E-state index in [2.05, 4.69) is 5.32 Å². The summed E-state index contributed by atoms with van der Waals surface area (Å²) in [5.74, 6) is -0.434. The van der Waals surface area contributed by atoms with E-state index in [1.165, 1.54) is 18.6 Å². The van der Waals surface area contributed by atoms with Gasteiger partial charge in [0.25, 0.3) is 0 Å². The van der Waals surface area contributed by atoms with Crippen LogP contribution in [0.5, 0.6) is 0 Å². The molecule has 4 rings (SSSR count). The van der Waals surface area contributed by atoms with Crippen LogP contribution in [0.2, 0.25) is 0 Å². The van der Waals surface area contributed by atoms with Crippen LogP contribution in [0.25, 0.3) is 0 Å². The summed E-state index contributed by atoms with van der Waals surface area (Å²) in [7, 11) is 1.73. The topological polar surface area (TPSA) is 76.2 Å². The zero-order chi connectivity index (χ0) is 23.5. The van der Waals surface area contributed by atoms with E-state index in [9.17, 15) is 18.8 Å². The van der Waals surface area contributed by atoms with Gasteiger partial charge in [-0.15, -0.1) is 0 Å². The van der Waals surface area contributed by atoms with E-state index in [1.807, 2.05) is 11.8 Å². The maximum Gasteiger partial charge on any atom is 0.334 e. The summed E-state index contributed by atoms with van der Waals surface area (Å²) in [4.78, 5) is 43.4. The number of urea groups is 1. The summed E-state index contributed by atoms with van der Waals surface area (Å²) in [5, 5.41) is 6.12. The number of hydrogen-bond donors (Lipinski definition) is 1. The Morgan fingerprint density at radius 1 is 1.12 bits per heavy atom. The Kier molecular flexibility index (Phi) is 7.17. The first-order valence-corrected chi connectivity index (χ1v) is 12.0. The number of rotatable bonds is 5. The Hall–Kier alpha value is -2.68. The number of carbonyl (C=O) groups excluding carboxylic acids is 3. The van der Waals surface area contributed by atoms with Gasteiger partial charge in [0.2, 0.25) is 11.8 Å². The van der Waals surface area contributed by atoms with Crippen LogP contribution in [0, 0.1) is 5.82 Å². The van der Waals surface area contributed by atoms with Crippen molar-refractivity contribution < 1.29 is 18.8 Å². The van der Waals surface area contributed by atoms with Crippen LogP contribution in [-0.4, -0.2) is 76.0 Å². The monoisotopic (exact) mass is 459 g/mol. The normalized spacial score (nSPS) is 24.8. The van der Waals surface area contributed by atoms with Crippen LogP contribution in [0.15, 0.2) is 24.3 Å². The van der Waals surface area contributed by atoms with Crippen molar-refractivity contribution in [1.82, 2.24) is 25.1 Å². The minimum Gasteiger partial charge on any atom is -0.334 e. The maximum atomic E-state index is 13.5. The van der Waals surface area contributed by atoms with Gasteiger partial charge in [-0.3, -0.25) is 9.59 Å². The molecule has 1 N–H and O–H groups in total. The molecule has 1 unspecified atom stereocenters. The van der Waals surface area contributed by atoms with Gasteiger partial charge in [0.15, 0.2) is 0 Å². The number of fused-ring (bicyclic) bond motifs is 1. The lowest BCUT2D eigenvalue weighted by Crippen LogP contribution is -2.76. The Bertz CT molecular complexity index is 873. The molecule has 2 atom stereocenters. The van der Waals surface area contributed by atoms with E-state index < -0.39 is 12.2 Å². The highest BCUT2D eigenvalue weighted by Gasteiger charge is 2.51. The second-order valence-corrected chi connectivity index (χ2v) is 9.31. The highest BCUT2D eigenvalue weighted by atomic mass is 19.1. The van der Waals surface area contributed by atoms with Crippen LogP contribution in [0.4, 0.5) is 9.18 Å². The quantitative estimate of drug-likeness (QED) is 0.735. The van der Waals surface area contributed by atoms with Crippen LogP contribution < -0.4 is 5.32 Å². The molecule has 1 saturated carbocycles. The fraction of sp³-hybridized carbons (Fsp3) is 0.625. The molecule has 1 aromatic rings. The Balaban J connectivity index is 1.57. The fourth-order valence-electron chi connectivity index (χ4n) is 5.40. The van der Waals surface area contributed by atoms with E-state index >= 15 is 0 Å². The lowest BCUT2D eigenvalue weighted by Gasteiger charge is -2.55. The molecule has 3 fully saturated rings. The number of piperazine rings is 1. The van der Waals surface area contributed by atoms with Crippen LogP contribution in [0.3, 0.4) is 0 Å². The van der Waals surface area contributed by atoms with E-state index in [4.69, 9.17) is 0 Å². The first-order valence-electron chi connectivity index (χ1n) is 12.0. The molecule has 0 aromatic heterocycles. The van der Waals surface area contributed by atoms with Crippen molar-refractivity contribution >= 4 is 17.8 Å². The number of amides is 4. The van der Waals surface area contributed by atoms with Crippen molar-refractivity contribution in [2.45, 2.75) is 76.7 Å². The van der Waals surface area contributed by atoms with Crippen LogP contribution >= 0.6 is 0 Å². The number of halogens is 1. The SMILES string of the molecule is CCC[C@H]1C(=O)N(C2CCCCC2)CC2N1C(=O)CN(C)N2C(=O)NCc1ccc(F)cc1. The minimum absolute atomic E-state index is 0.0181. The number of hydrogen-bond acceptors (Lipinski definition) is 4. The number of carbonyl (C=O) groups is 3. The fourth-order valence-corrected chi connectivity index (χ4v) is 5.40. The molecule has 4 amide bonds. The number of hydrazine groups is 1. The van der Waals surface area contributed by atoms with E-state index in [0.29, 0.717) is 13.0 Å². The summed E-state index contributed by atoms with van der Waals surface area (Å²) < 4.78 is 13.2. The molecular weight excluding hydrogens is 425 g/mol. The van der Waals surface area contributed by atoms with E-state index in [0.717, 1.165) is 37.7 Å². The predicted octanol–water partition coefficient (Wildman–Crippen LogP) is 2.70. The molecule has 180 valence electrons. The van der Waals surface area contributed by atoms with Gasteiger partial charge in [0.1, 0.15) is 18.0 Å². The van der Waals surface area contributed by atoms with Gasteiger partial charge in [-0.2, -0.15) is 0 Å². The number of benzene rings is 1. The predicted molar refractivity (Wildman–Crippen MR) is 121 cm³/mol. The maximum absolute atomic E-state index is 13.5. The molecule has 0 bridgehead atoms. The third kappa shape index (κ3) is 4.83. The van der Waals surface area contributed by atoms with Crippen LogP contribution in [-0.2, 0) is 16.1 Å². The van der Waals surface area contributed by atoms with Crippen molar-refractivity contribution in [3.63, 3.8) is 0 Å². The van der Waals surface area contributed by atoms with Crippen LogP contribution in [0.1, 0.15) is 57.4 Å². The third-order valence-electron chi connectivity index (χ3n) is 7.03. The number of nitrogens with one attached hydrogen (secondary N) is 1. The van der Waals surface area contributed by atoms with Crippen molar-refractivity contribution in [3.8, 4) is 0 Å². The summed E-state index contributed by atoms with van der Waals surface area (Å²) in [6.45, 7) is 2.62. The highest BCUT2D eigenvalue weighted by Crippen LogP contribution is 2.32. The summed E-state index contributed by atoms with van der Waals surface area (Å²) in [6.07, 6.45) is 6.14. The minimum atomic E-state index is -0.541. The molecule has 8 nitrogen and oxygen atoms in total. The van der Waals surface area contributed by atoms with Crippen molar-refractivity contribution in [3.05, 3.63) is 35.6 Å². The summed E-state index contributed by atoms with van der Waals surface area (Å²) in [6, 6.07) is 5.28. The third-order valence-corrected chi connectivity index (χ3v) is 7.03. The molecule has 0 spiro atoms. The van der Waals surface area contributed by atoms with Gasteiger partial charge < -0.3 is 15.1 Å². The van der Waals surface area contributed by atoms with Gasteiger partial charge in [-0.1, -0.05) is 44.7 Å². The molecule has 9 heteroatoms. The Labute approximate surface area is 194 Å². The second kappa shape index (κ2) is 10.1. The first kappa shape index (κ1) is 23.5. The van der Waals surface area contributed by atoms with Gasteiger partial charge >= 0.3 is 6.03 Å². The molecule has 3 aliphatic rings. The zero-order valence-electron chi connectivity index (χ0n) is 19.5. The van der Waals surface area contributed by atoms with Crippen molar-refractivity contribution in [2.24, 2.45) is 0 Å². The Morgan fingerprint density at radius 2 is 1.82 bits per heavy atom. The van der Waals surface area contributed by atoms with Gasteiger partial charge in [-0.05, 0) is 37.0 Å². The Morgan fingerprint density at radius 3 is 2.48 bits per heavy atom. The summed E-state index contributed by atoms with van der Waals surface area (Å²) >= 11 is 0. The lowest BCUT2D eigenvalue weighted by molar-refractivity contribution is -0.190. The molecule has 33 heavy (non-hydrogen) atoms. The first-order chi connectivity index (χ1) is 15.9. The molecule has 2 saturated heterocycles. The van der Waals surface area contributed by atoms with Gasteiger partial charge in [0, 0.05) is 19.6 Å². The lowest BCUT2D eigenvalue weighted by atomic mass is 9.91. The second-order valence-electron chi connectivity index (χ2n) is 9.31. The molecule has 1 aliphatic carbocycles. The molecular formula is C24H34FN5O3. The molecule has 2 heterocycles. The number of likely N-dealkylation sites (N-methyl/N-ethyl adjacent to an activating group) is 1.